The van der Waals surface area contributed by atoms with Crippen molar-refractivity contribution in [1.29, 1.82) is 0 Å². The predicted octanol–water partition coefficient (Wildman–Crippen LogP) is 4.58. The molecule has 20 heavy (non-hydrogen) atoms. The first kappa shape index (κ1) is 24.2. The summed E-state index contributed by atoms with van der Waals surface area (Å²) in [6.07, 6.45) is 1.94. The van der Waals surface area contributed by atoms with Crippen LogP contribution < -0.4 is 0 Å². The van der Waals surface area contributed by atoms with Gasteiger partial charge in [0, 0.05) is 13.6 Å². The van der Waals surface area contributed by atoms with Gasteiger partial charge in [0.15, 0.2) is 0 Å². The minimum absolute atomic E-state index is 0. The van der Waals surface area contributed by atoms with Crippen LogP contribution in [-0.4, -0.2) is 26.3 Å². The highest BCUT2D eigenvalue weighted by molar-refractivity contribution is 7.89. The number of hydrogen-bond donors (Lipinski definition) is 0. The summed E-state index contributed by atoms with van der Waals surface area (Å²) in [5.41, 5.74) is 1.08. The van der Waals surface area contributed by atoms with E-state index in [1.807, 2.05) is 26.8 Å². The molecule has 1 aromatic rings. The van der Waals surface area contributed by atoms with Gasteiger partial charge in [0.1, 0.15) is 0 Å². The van der Waals surface area contributed by atoms with Crippen LogP contribution in [0.1, 0.15) is 54.5 Å². The summed E-state index contributed by atoms with van der Waals surface area (Å²) >= 11 is 0. The van der Waals surface area contributed by atoms with Crippen LogP contribution in [0.25, 0.3) is 0 Å². The van der Waals surface area contributed by atoms with E-state index in [1.165, 1.54) is 4.31 Å². The summed E-state index contributed by atoms with van der Waals surface area (Å²) in [5.74, 6) is 0. The molecule has 3 nitrogen and oxygen atoms in total. The molecule has 0 unspecified atom stereocenters. The molecule has 0 N–H and O–H groups in total. The molecule has 0 amide bonds. The zero-order valence-corrected chi connectivity index (χ0v) is 12.9. The van der Waals surface area contributed by atoms with Crippen molar-refractivity contribution in [2.75, 3.05) is 13.6 Å². The van der Waals surface area contributed by atoms with E-state index in [-0.39, 0.29) is 14.9 Å². The number of aryl methyl sites for hydroxylation is 1. The molecule has 0 saturated heterocycles. The molecule has 0 aliphatic carbocycles. The topological polar surface area (TPSA) is 37.4 Å². The molecule has 0 spiro atoms. The Morgan fingerprint density at radius 3 is 2.10 bits per heavy atom. The first-order valence-electron chi connectivity index (χ1n) is 6.57. The molecule has 0 atom stereocenters. The van der Waals surface area contributed by atoms with Crippen LogP contribution in [0.2, 0.25) is 0 Å². The lowest BCUT2D eigenvalue weighted by atomic mass is 10.1. The largest absolute Gasteiger partial charge is 0.242 e. The highest BCUT2D eigenvalue weighted by atomic mass is 32.2. The Labute approximate surface area is 127 Å². The summed E-state index contributed by atoms with van der Waals surface area (Å²) in [6.45, 7) is 8.40. The van der Waals surface area contributed by atoms with E-state index in [9.17, 15) is 8.42 Å². The fourth-order valence-electron chi connectivity index (χ4n) is 1.50. The molecular weight excluding hydrogens is 270 g/mol. The molecule has 4 heteroatoms. The van der Waals surface area contributed by atoms with Crippen molar-refractivity contribution < 1.29 is 8.42 Å². The van der Waals surface area contributed by atoms with Crippen LogP contribution in [0.5, 0.6) is 0 Å². The first-order chi connectivity index (χ1) is 8.52. The maximum absolute atomic E-state index is 12.0. The third kappa shape index (κ3) is 6.53. The van der Waals surface area contributed by atoms with E-state index in [0.29, 0.717) is 11.4 Å². The molecule has 0 aromatic heterocycles. The second kappa shape index (κ2) is 11.9. The lowest BCUT2D eigenvalue weighted by Gasteiger charge is -2.15. The summed E-state index contributed by atoms with van der Waals surface area (Å²) < 4.78 is 25.5. The first-order valence-corrected chi connectivity index (χ1v) is 8.01. The molecule has 1 aromatic carbocycles. The number of nitrogens with zero attached hydrogens (tertiary/aromatic N) is 1. The number of hydrogen-bond acceptors (Lipinski definition) is 2. The van der Waals surface area contributed by atoms with Gasteiger partial charge in [-0.3, -0.25) is 0 Å². The normalized spacial score (nSPS) is 9.90. The highest BCUT2D eigenvalue weighted by Gasteiger charge is 2.18. The predicted molar refractivity (Wildman–Crippen MR) is 90.7 cm³/mol. The monoisotopic (exact) mass is 303 g/mol. The zero-order chi connectivity index (χ0) is 14.2. The molecule has 0 heterocycles. The minimum atomic E-state index is -3.30. The van der Waals surface area contributed by atoms with Crippen LogP contribution in [0.15, 0.2) is 29.2 Å². The standard InChI is InChI=1S/C12H19NO2S.C2H6.2CH4/c1-4-7-11-8-6-9-12(10-11)16(14,15)13(3)5-2;1-2;;/h6,8-10H,4-5,7H2,1-3H3;1-2H3;2*1H4. The zero-order valence-electron chi connectivity index (χ0n) is 12.1. The molecule has 0 radical (unpaired) electrons. The lowest BCUT2D eigenvalue weighted by molar-refractivity contribution is 0.486. The second-order valence-corrected chi connectivity index (χ2v) is 5.86. The summed E-state index contributed by atoms with van der Waals surface area (Å²) in [5, 5.41) is 0. The smallest absolute Gasteiger partial charge is 0.207 e. The summed E-state index contributed by atoms with van der Waals surface area (Å²) in [4.78, 5) is 0.391. The van der Waals surface area contributed by atoms with Crippen molar-refractivity contribution in [2.45, 2.75) is 60.3 Å². The third-order valence-electron chi connectivity index (χ3n) is 2.59. The Morgan fingerprint density at radius 2 is 1.65 bits per heavy atom. The van der Waals surface area contributed by atoms with Crippen LogP contribution in [0, 0.1) is 0 Å². The average Bonchev–Trinajstić information content (AvgIpc) is 2.40. The lowest BCUT2D eigenvalue weighted by Crippen LogP contribution is -2.26. The fraction of sp³-hybridized carbons (Fsp3) is 0.625. The number of rotatable bonds is 5. The van der Waals surface area contributed by atoms with Gasteiger partial charge in [-0.1, -0.05) is 61.1 Å². The number of benzene rings is 1. The van der Waals surface area contributed by atoms with Crippen molar-refractivity contribution in [2.24, 2.45) is 0 Å². The van der Waals surface area contributed by atoms with Crippen LogP contribution >= 0.6 is 0 Å². The maximum Gasteiger partial charge on any atom is 0.242 e. The van der Waals surface area contributed by atoms with Crippen molar-refractivity contribution in [3.8, 4) is 0 Å². The Balaban J connectivity index is -0.000000689. The molecule has 1 rings (SSSR count). The van der Waals surface area contributed by atoms with Gasteiger partial charge in [-0.25, -0.2) is 12.7 Å². The van der Waals surface area contributed by atoms with Crippen molar-refractivity contribution >= 4 is 10.0 Å². The van der Waals surface area contributed by atoms with Crippen LogP contribution in [0.3, 0.4) is 0 Å². The van der Waals surface area contributed by atoms with E-state index >= 15 is 0 Å². The Morgan fingerprint density at radius 1 is 1.10 bits per heavy atom. The SMILES string of the molecule is C.C.CC.CCCc1cccc(S(=O)(=O)N(C)CC)c1. The summed E-state index contributed by atoms with van der Waals surface area (Å²) in [6, 6.07) is 7.20. The maximum atomic E-state index is 12.0. The molecule has 0 aliphatic heterocycles. The molecule has 0 aliphatic rings. The van der Waals surface area contributed by atoms with E-state index in [0.717, 1.165) is 18.4 Å². The van der Waals surface area contributed by atoms with E-state index in [1.54, 1.807) is 25.2 Å². The van der Waals surface area contributed by atoms with Gasteiger partial charge in [0.05, 0.1) is 4.90 Å². The summed E-state index contributed by atoms with van der Waals surface area (Å²) in [7, 11) is -1.70. The van der Waals surface area contributed by atoms with E-state index in [2.05, 4.69) is 6.92 Å². The van der Waals surface area contributed by atoms with Gasteiger partial charge in [0.25, 0.3) is 0 Å². The number of sulfonamides is 1. The van der Waals surface area contributed by atoms with Crippen LogP contribution in [-0.2, 0) is 16.4 Å². The fourth-order valence-corrected chi connectivity index (χ4v) is 2.75. The average molecular weight is 304 g/mol. The Hall–Kier alpha value is -0.870. The van der Waals surface area contributed by atoms with Gasteiger partial charge in [-0.15, -0.1) is 0 Å². The van der Waals surface area contributed by atoms with Gasteiger partial charge in [-0.05, 0) is 24.1 Å². The second-order valence-electron chi connectivity index (χ2n) is 3.82. The molecule has 120 valence electrons. The quantitative estimate of drug-likeness (QED) is 0.798. The Bertz CT molecular complexity index is 442. The van der Waals surface area contributed by atoms with E-state index in [4.69, 9.17) is 0 Å². The molecule has 0 bridgehead atoms. The van der Waals surface area contributed by atoms with Crippen molar-refractivity contribution in [3.63, 3.8) is 0 Å². The van der Waals surface area contributed by atoms with Crippen molar-refractivity contribution in [3.05, 3.63) is 29.8 Å². The van der Waals surface area contributed by atoms with Gasteiger partial charge < -0.3 is 0 Å². The van der Waals surface area contributed by atoms with Gasteiger partial charge in [0.2, 0.25) is 10.0 Å². The van der Waals surface area contributed by atoms with Crippen molar-refractivity contribution in [1.82, 2.24) is 4.31 Å². The van der Waals surface area contributed by atoms with Gasteiger partial charge >= 0.3 is 0 Å². The van der Waals surface area contributed by atoms with Gasteiger partial charge in [-0.2, -0.15) is 0 Å². The molecular formula is C16H33NO2S. The third-order valence-corrected chi connectivity index (χ3v) is 4.52. The molecule has 0 fully saturated rings. The Kier molecular flexibility index (Phi) is 14.4. The highest BCUT2D eigenvalue weighted by Crippen LogP contribution is 2.16. The molecule has 0 saturated carbocycles. The van der Waals surface area contributed by atoms with E-state index < -0.39 is 10.0 Å². The van der Waals surface area contributed by atoms with Crippen LogP contribution in [0.4, 0.5) is 0 Å². The minimum Gasteiger partial charge on any atom is -0.207 e.